The van der Waals surface area contributed by atoms with Gasteiger partial charge < -0.3 is 9.88 Å². The van der Waals surface area contributed by atoms with Crippen LogP contribution in [-0.4, -0.2) is 32.0 Å². The van der Waals surface area contributed by atoms with Gasteiger partial charge in [0.2, 0.25) is 5.91 Å². The molecule has 5 nitrogen and oxygen atoms in total. The molecule has 1 aliphatic rings. The zero-order valence-corrected chi connectivity index (χ0v) is 14.7. The second kappa shape index (κ2) is 7.69. The van der Waals surface area contributed by atoms with Gasteiger partial charge in [-0.15, -0.1) is 23.2 Å². The summed E-state index contributed by atoms with van der Waals surface area (Å²) in [5.41, 5.74) is -0.550. The average molecular weight is 332 g/mol. The van der Waals surface area contributed by atoms with Crippen LogP contribution in [0.3, 0.4) is 0 Å². The molecule has 23 heavy (non-hydrogen) atoms. The lowest BCUT2D eigenvalue weighted by Crippen LogP contribution is -2.47. The van der Waals surface area contributed by atoms with Crippen molar-refractivity contribution in [2.24, 2.45) is 0 Å². The van der Waals surface area contributed by atoms with Crippen LogP contribution in [-0.2, 0) is 11.3 Å². The summed E-state index contributed by atoms with van der Waals surface area (Å²) < 4.78 is 2.05. The SMILES string of the molecule is C#CC(CC)(CC)NC(=O)CSc1nnc(C2CC2)n1CC=C. The molecule has 1 aromatic heterocycles. The number of rotatable bonds is 9. The Kier molecular flexibility index (Phi) is 5.89. The molecule has 6 heteroatoms. The molecular weight excluding hydrogens is 308 g/mol. The van der Waals surface area contributed by atoms with Crippen LogP contribution in [0.15, 0.2) is 17.8 Å². The number of aromatic nitrogens is 3. The van der Waals surface area contributed by atoms with Crippen molar-refractivity contribution in [2.45, 2.75) is 62.7 Å². The number of hydrogen-bond acceptors (Lipinski definition) is 4. The molecule has 0 spiro atoms. The second-order valence-electron chi connectivity index (χ2n) is 5.78. The topological polar surface area (TPSA) is 59.8 Å². The maximum atomic E-state index is 12.2. The van der Waals surface area contributed by atoms with Crippen LogP contribution in [0.2, 0.25) is 0 Å². The molecule has 0 aliphatic heterocycles. The maximum Gasteiger partial charge on any atom is 0.231 e. The van der Waals surface area contributed by atoms with E-state index >= 15 is 0 Å². The Labute approximate surface area is 142 Å². The van der Waals surface area contributed by atoms with Gasteiger partial charge in [-0.1, -0.05) is 37.6 Å². The number of nitrogens with one attached hydrogen (secondary N) is 1. The fourth-order valence-electron chi connectivity index (χ4n) is 2.45. The molecule has 1 aromatic rings. The lowest BCUT2D eigenvalue weighted by Gasteiger charge is -2.26. The predicted octanol–water partition coefficient (Wildman–Crippen LogP) is 2.74. The van der Waals surface area contributed by atoms with Gasteiger partial charge in [-0.25, -0.2) is 0 Å². The Morgan fingerprint density at radius 2 is 2.22 bits per heavy atom. The summed E-state index contributed by atoms with van der Waals surface area (Å²) in [6.07, 6.45) is 11.2. The number of carbonyl (C=O) groups is 1. The quantitative estimate of drug-likeness (QED) is 0.429. The molecule has 1 heterocycles. The molecule has 1 aliphatic carbocycles. The first-order valence-corrected chi connectivity index (χ1v) is 9.03. The smallest absolute Gasteiger partial charge is 0.231 e. The average Bonchev–Trinajstić information content (AvgIpc) is 3.33. The second-order valence-corrected chi connectivity index (χ2v) is 6.73. The number of amides is 1. The Morgan fingerprint density at radius 3 is 2.74 bits per heavy atom. The third-order valence-corrected chi connectivity index (χ3v) is 5.16. The lowest BCUT2D eigenvalue weighted by molar-refractivity contribution is -0.119. The van der Waals surface area contributed by atoms with Crippen molar-refractivity contribution in [1.82, 2.24) is 20.1 Å². The van der Waals surface area contributed by atoms with Gasteiger partial charge in [0, 0.05) is 12.5 Å². The molecule has 0 unspecified atom stereocenters. The van der Waals surface area contributed by atoms with Gasteiger partial charge in [0.05, 0.1) is 5.75 Å². The molecule has 1 amide bonds. The largest absolute Gasteiger partial charge is 0.339 e. The number of hydrogen-bond donors (Lipinski definition) is 1. The van der Waals surface area contributed by atoms with Crippen molar-refractivity contribution in [1.29, 1.82) is 0 Å². The van der Waals surface area contributed by atoms with E-state index in [1.165, 1.54) is 11.8 Å². The van der Waals surface area contributed by atoms with Gasteiger partial charge in [-0.3, -0.25) is 4.79 Å². The molecule has 0 atom stereocenters. The van der Waals surface area contributed by atoms with E-state index in [1.807, 2.05) is 19.9 Å². The Balaban J connectivity index is 1.99. The number of allylic oxidation sites excluding steroid dienone is 1. The highest BCUT2D eigenvalue weighted by Gasteiger charge is 2.30. The number of nitrogens with zero attached hydrogens (tertiary/aromatic N) is 3. The Morgan fingerprint density at radius 1 is 1.52 bits per heavy atom. The lowest BCUT2D eigenvalue weighted by atomic mass is 9.94. The summed E-state index contributed by atoms with van der Waals surface area (Å²) in [6.45, 7) is 8.43. The van der Waals surface area contributed by atoms with E-state index in [0.29, 0.717) is 12.5 Å². The minimum Gasteiger partial charge on any atom is -0.339 e. The number of terminal acetylenes is 1. The molecule has 1 N–H and O–H groups in total. The highest BCUT2D eigenvalue weighted by Crippen LogP contribution is 2.40. The summed E-state index contributed by atoms with van der Waals surface area (Å²) in [7, 11) is 0. The van der Waals surface area contributed by atoms with Crippen molar-refractivity contribution >= 4 is 17.7 Å². The summed E-state index contributed by atoms with van der Waals surface area (Å²) in [6, 6.07) is 0. The summed E-state index contributed by atoms with van der Waals surface area (Å²) in [5.74, 6) is 4.45. The van der Waals surface area contributed by atoms with Crippen LogP contribution < -0.4 is 5.32 Å². The van der Waals surface area contributed by atoms with E-state index in [1.54, 1.807) is 0 Å². The van der Waals surface area contributed by atoms with Crippen LogP contribution >= 0.6 is 11.8 Å². The standard InChI is InChI=1S/C17H24N4OS/c1-5-11-21-15(13-9-10-13)19-20-16(21)23-12-14(22)18-17(6-2,7-3)8-4/h2,5,13H,1,7-12H2,3-4H3,(H,18,22). The van der Waals surface area contributed by atoms with Crippen LogP contribution in [0.1, 0.15) is 51.3 Å². The van der Waals surface area contributed by atoms with E-state index in [2.05, 4.69) is 32.6 Å². The zero-order chi connectivity index (χ0) is 16.9. The third-order valence-electron chi connectivity index (χ3n) is 4.19. The van der Waals surface area contributed by atoms with Crippen molar-refractivity contribution in [2.75, 3.05) is 5.75 Å². The molecule has 1 saturated carbocycles. The number of thioether (sulfide) groups is 1. The fraction of sp³-hybridized carbons (Fsp3) is 0.588. The molecule has 0 radical (unpaired) electrons. The maximum absolute atomic E-state index is 12.2. The normalized spacial score (nSPS) is 14.3. The van der Waals surface area contributed by atoms with Gasteiger partial charge in [-0.2, -0.15) is 0 Å². The van der Waals surface area contributed by atoms with Gasteiger partial charge >= 0.3 is 0 Å². The van der Waals surface area contributed by atoms with Gasteiger partial charge in [0.25, 0.3) is 0 Å². The van der Waals surface area contributed by atoms with Crippen LogP contribution in [0.25, 0.3) is 0 Å². The summed E-state index contributed by atoms with van der Waals surface area (Å²) in [5, 5.41) is 12.2. The highest BCUT2D eigenvalue weighted by molar-refractivity contribution is 7.99. The van der Waals surface area contributed by atoms with Crippen molar-refractivity contribution in [3.8, 4) is 12.3 Å². The van der Waals surface area contributed by atoms with Crippen LogP contribution in [0.4, 0.5) is 0 Å². The first-order chi connectivity index (χ1) is 11.1. The minimum atomic E-state index is -0.550. The first-order valence-electron chi connectivity index (χ1n) is 8.04. The molecule has 124 valence electrons. The van der Waals surface area contributed by atoms with E-state index < -0.39 is 5.54 Å². The third kappa shape index (κ3) is 4.17. The fourth-order valence-corrected chi connectivity index (χ4v) is 3.21. The van der Waals surface area contributed by atoms with Gasteiger partial charge in [-0.05, 0) is 25.7 Å². The van der Waals surface area contributed by atoms with Crippen molar-refractivity contribution in [3.05, 3.63) is 18.5 Å². The Hall–Kier alpha value is -1.74. The van der Waals surface area contributed by atoms with Crippen LogP contribution in [0, 0.1) is 12.3 Å². The van der Waals surface area contributed by atoms with E-state index in [-0.39, 0.29) is 11.7 Å². The Bertz CT molecular complexity index is 609. The van der Waals surface area contributed by atoms with E-state index in [4.69, 9.17) is 6.42 Å². The summed E-state index contributed by atoms with van der Waals surface area (Å²) in [4.78, 5) is 12.2. The van der Waals surface area contributed by atoms with E-state index in [9.17, 15) is 4.79 Å². The number of carbonyl (C=O) groups excluding carboxylic acids is 1. The molecule has 2 rings (SSSR count). The monoisotopic (exact) mass is 332 g/mol. The van der Waals surface area contributed by atoms with Gasteiger partial charge in [0.1, 0.15) is 11.4 Å². The zero-order valence-electron chi connectivity index (χ0n) is 13.8. The van der Waals surface area contributed by atoms with E-state index in [0.717, 1.165) is 36.7 Å². The molecule has 1 fully saturated rings. The molecule has 0 bridgehead atoms. The predicted molar refractivity (Wildman–Crippen MR) is 93.2 cm³/mol. The van der Waals surface area contributed by atoms with Crippen molar-refractivity contribution < 1.29 is 4.79 Å². The van der Waals surface area contributed by atoms with Gasteiger partial charge in [0.15, 0.2) is 5.16 Å². The minimum absolute atomic E-state index is 0.0715. The first kappa shape index (κ1) is 17.6. The van der Waals surface area contributed by atoms with Crippen molar-refractivity contribution in [3.63, 3.8) is 0 Å². The molecular formula is C17H24N4OS. The highest BCUT2D eigenvalue weighted by atomic mass is 32.2. The van der Waals surface area contributed by atoms with Crippen LogP contribution in [0.5, 0.6) is 0 Å². The molecule has 0 saturated heterocycles. The summed E-state index contributed by atoms with van der Waals surface area (Å²) >= 11 is 1.39. The molecule has 0 aromatic carbocycles.